The number of hydrogen-bond acceptors (Lipinski definition) is 4. The Hall–Kier alpha value is -1.49. The molecule has 0 fully saturated rings. The van der Waals surface area contributed by atoms with Crippen molar-refractivity contribution in [2.24, 2.45) is 4.99 Å². The van der Waals surface area contributed by atoms with E-state index < -0.39 is 5.97 Å². The number of amidine groups is 1. The summed E-state index contributed by atoms with van der Waals surface area (Å²) in [5.74, 6) is 1.92. The van der Waals surface area contributed by atoms with Crippen LogP contribution in [0.1, 0.15) is 10.4 Å². The van der Waals surface area contributed by atoms with Gasteiger partial charge >= 0.3 is 5.97 Å². The molecule has 0 saturated carbocycles. The smallest absolute Gasteiger partial charge is 0.335 e. The van der Waals surface area contributed by atoms with E-state index in [0.29, 0.717) is 0 Å². The van der Waals surface area contributed by atoms with Crippen molar-refractivity contribution in [1.29, 1.82) is 0 Å². The maximum Gasteiger partial charge on any atom is 0.335 e. The highest BCUT2D eigenvalue weighted by Gasteiger charge is 2.07. The van der Waals surface area contributed by atoms with Gasteiger partial charge in [-0.2, -0.15) is 11.8 Å². The van der Waals surface area contributed by atoms with Crippen LogP contribution in [0.2, 0.25) is 0 Å². The third-order valence-corrected chi connectivity index (χ3v) is 3.12. The van der Waals surface area contributed by atoms with E-state index in [-0.39, 0.29) is 5.56 Å². The number of nitrogens with zero attached hydrogens (tertiary/aromatic N) is 1. The molecule has 0 aromatic heterocycles. The molecule has 1 heterocycles. The number of anilines is 1. The Morgan fingerprint density at radius 3 is 3.06 bits per heavy atom. The number of hydrogen-bond donors (Lipinski definition) is 2. The lowest BCUT2D eigenvalue weighted by molar-refractivity contribution is 0.0697. The number of nitrogens with one attached hydrogen (secondary N) is 1. The van der Waals surface area contributed by atoms with E-state index >= 15 is 0 Å². The number of carbonyl (C=O) groups is 1. The fourth-order valence-corrected chi connectivity index (χ4v) is 2.15. The zero-order chi connectivity index (χ0) is 11.4. The van der Waals surface area contributed by atoms with Gasteiger partial charge in [0.1, 0.15) is 5.84 Å². The summed E-state index contributed by atoms with van der Waals surface area (Å²) in [6, 6.07) is 6.76. The van der Waals surface area contributed by atoms with Gasteiger partial charge in [-0.3, -0.25) is 4.99 Å². The molecule has 16 heavy (non-hydrogen) atoms. The van der Waals surface area contributed by atoms with Gasteiger partial charge < -0.3 is 10.4 Å². The van der Waals surface area contributed by atoms with Gasteiger partial charge in [-0.25, -0.2) is 4.79 Å². The van der Waals surface area contributed by atoms with Crippen LogP contribution in [0, 0.1) is 0 Å². The molecule has 0 amide bonds. The van der Waals surface area contributed by atoms with Crippen LogP contribution in [0.4, 0.5) is 5.69 Å². The van der Waals surface area contributed by atoms with E-state index in [9.17, 15) is 4.79 Å². The van der Waals surface area contributed by atoms with Crippen molar-refractivity contribution in [3.63, 3.8) is 0 Å². The maximum absolute atomic E-state index is 10.8. The van der Waals surface area contributed by atoms with Crippen LogP contribution in [0.25, 0.3) is 0 Å². The molecule has 0 bridgehead atoms. The Balaban J connectivity index is 2.12. The highest BCUT2D eigenvalue weighted by Crippen LogP contribution is 2.13. The first-order valence-corrected chi connectivity index (χ1v) is 6.12. The van der Waals surface area contributed by atoms with Gasteiger partial charge in [-0.1, -0.05) is 6.07 Å². The first-order valence-electron chi connectivity index (χ1n) is 4.97. The normalized spacial score (nSPS) is 15.4. The van der Waals surface area contributed by atoms with E-state index in [1.165, 1.54) is 0 Å². The number of thioether (sulfide) groups is 1. The van der Waals surface area contributed by atoms with Crippen molar-refractivity contribution in [3.05, 3.63) is 29.8 Å². The summed E-state index contributed by atoms with van der Waals surface area (Å²) in [4.78, 5) is 15.1. The van der Waals surface area contributed by atoms with Crippen LogP contribution in [-0.4, -0.2) is 35.0 Å². The molecule has 1 aliphatic rings. The number of benzene rings is 1. The van der Waals surface area contributed by atoms with Crippen molar-refractivity contribution in [3.8, 4) is 0 Å². The predicted molar refractivity (Wildman–Crippen MR) is 66.7 cm³/mol. The summed E-state index contributed by atoms with van der Waals surface area (Å²) in [5, 5.41) is 12.0. The van der Waals surface area contributed by atoms with E-state index in [1.807, 2.05) is 17.8 Å². The molecule has 0 unspecified atom stereocenters. The number of rotatable bonds is 2. The Morgan fingerprint density at radius 2 is 2.38 bits per heavy atom. The van der Waals surface area contributed by atoms with Crippen LogP contribution in [0.5, 0.6) is 0 Å². The highest BCUT2D eigenvalue weighted by atomic mass is 32.2. The zero-order valence-corrected chi connectivity index (χ0v) is 9.46. The molecule has 2 rings (SSSR count). The third-order valence-electron chi connectivity index (χ3n) is 2.18. The van der Waals surface area contributed by atoms with E-state index in [4.69, 9.17) is 5.11 Å². The van der Waals surface area contributed by atoms with E-state index in [1.54, 1.807) is 18.2 Å². The molecule has 1 aromatic carbocycles. The highest BCUT2D eigenvalue weighted by molar-refractivity contribution is 8.00. The first-order chi connectivity index (χ1) is 7.75. The lowest BCUT2D eigenvalue weighted by atomic mass is 10.2. The summed E-state index contributed by atoms with van der Waals surface area (Å²) >= 11 is 1.82. The zero-order valence-electron chi connectivity index (χ0n) is 8.64. The molecule has 84 valence electrons. The molecule has 0 saturated heterocycles. The van der Waals surface area contributed by atoms with Crippen LogP contribution in [0.15, 0.2) is 29.3 Å². The molecule has 1 aliphatic heterocycles. The molecule has 5 heteroatoms. The average molecular weight is 236 g/mol. The Morgan fingerprint density at radius 1 is 1.50 bits per heavy atom. The SMILES string of the molecule is O=C(O)c1cccc(NC2=NCCSC2)c1. The van der Waals surface area contributed by atoms with Crippen molar-refractivity contribution in [1.82, 2.24) is 0 Å². The number of carboxylic acids is 1. The Bertz CT molecular complexity index is 432. The minimum absolute atomic E-state index is 0.286. The molecule has 0 spiro atoms. The molecule has 2 N–H and O–H groups in total. The van der Waals surface area contributed by atoms with Gasteiger partial charge in [-0.05, 0) is 18.2 Å². The van der Waals surface area contributed by atoms with Crippen LogP contribution < -0.4 is 5.32 Å². The molecular formula is C11H12N2O2S. The number of aromatic carboxylic acids is 1. The number of carboxylic acid groups (broad SMARTS) is 1. The third kappa shape index (κ3) is 2.76. The van der Waals surface area contributed by atoms with Gasteiger partial charge in [0.25, 0.3) is 0 Å². The van der Waals surface area contributed by atoms with Gasteiger partial charge in [0.2, 0.25) is 0 Å². The van der Waals surface area contributed by atoms with Crippen LogP contribution >= 0.6 is 11.8 Å². The van der Waals surface area contributed by atoms with E-state index in [0.717, 1.165) is 29.6 Å². The second-order valence-corrected chi connectivity index (χ2v) is 4.50. The standard InChI is InChI=1S/C11H12N2O2S/c14-11(15)8-2-1-3-9(6-8)13-10-7-16-5-4-12-10/h1-3,6H,4-5,7H2,(H,12,13)(H,14,15). The summed E-state index contributed by atoms with van der Waals surface area (Å²) in [6.45, 7) is 0.825. The molecule has 4 nitrogen and oxygen atoms in total. The molecule has 0 radical (unpaired) electrons. The van der Waals surface area contributed by atoms with Crippen molar-refractivity contribution in [2.75, 3.05) is 23.4 Å². The van der Waals surface area contributed by atoms with Crippen molar-refractivity contribution >= 4 is 29.3 Å². The minimum atomic E-state index is -0.913. The summed E-state index contributed by atoms with van der Waals surface area (Å²) in [6.07, 6.45) is 0. The topological polar surface area (TPSA) is 61.7 Å². The van der Waals surface area contributed by atoms with Gasteiger partial charge in [0.15, 0.2) is 0 Å². The predicted octanol–water partition coefficient (Wildman–Crippen LogP) is 1.94. The monoisotopic (exact) mass is 236 g/mol. The average Bonchev–Trinajstić information content (AvgIpc) is 2.30. The summed E-state index contributed by atoms with van der Waals surface area (Å²) in [5.41, 5.74) is 1.07. The largest absolute Gasteiger partial charge is 0.478 e. The van der Waals surface area contributed by atoms with Gasteiger partial charge in [0.05, 0.1) is 17.9 Å². The first kappa shape index (κ1) is 11.0. The summed E-state index contributed by atoms with van der Waals surface area (Å²) in [7, 11) is 0. The molecule has 0 aliphatic carbocycles. The van der Waals surface area contributed by atoms with Gasteiger partial charge in [0, 0.05) is 11.4 Å². The van der Waals surface area contributed by atoms with E-state index in [2.05, 4.69) is 10.3 Å². The summed E-state index contributed by atoms with van der Waals surface area (Å²) < 4.78 is 0. The molecule has 0 atom stereocenters. The second kappa shape index (κ2) is 5.03. The lowest BCUT2D eigenvalue weighted by Gasteiger charge is -2.13. The Labute approximate surface area is 97.8 Å². The van der Waals surface area contributed by atoms with Gasteiger partial charge in [-0.15, -0.1) is 0 Å². The fourth-order valence-electron chi connectivity index (χ4n) is 1.43. The quantitative estimate of drug-likeness (QED) is 0.823. The minimum Gasteiger partial charge on any atom is -0.478 e. The van der Waals surface area contributed by atoms with Crippen LogP contribution in [-0.2, 0) is 0 Å². The van der Waals surface area contributed by atoms with Crippen molar-refractivity contribution in [2.45, 2.75) is 0 Å². The maximum atomic E-state index is 10.8. The van der Waals surface area contributed by atoms with Crippen LogP contribution in [0.3, 0.4) is 0 Å². The second-order valence-electron chi connectivity index (χ2n) is 3.39. The lowest BCUT2D eigenvalue weighted by Crippen LogP contribution is -2.19. The fraction of sp³-hybridized carbons (Fsp3) is 0.273. The van der Waals surface area contributed by atoms with Crippen molar-refractivity contribution < 1.29 is 9.90 Å². The molecule has 1 aromatic rings. The Kier molecular flexibility index (Phi) is 3.46. The number of aliphatic imine (C=N–C) groups is 1. The molecular weight excluding hydrogens is 224 g/mol.